The van der Waals surface area contributed by atoms with E-state index in [1.807, 2.05) is 34.0 Å². The second kappa shape index (κ2) is 9.70. The number of rotatable bonds is 6. The lowest BCUT2D eigenvalue weighted by Gasteiger charge is -2.19. The summed E-state index contributed by atoms with van der Waals surface area (Å²) >= 11 is 0. The number of halogens is 1. The van der Waals surface area contributed by atoms with Gasteiger partial charge in [-0.3, -0.25) is 4.79 Å². The summed E-state index contributed by atoms with van der Waals surface area (Å²) in [6.07, 6.45) is 1.74. The largest absolute Gasteiger partial charge is 0.478 e. The molecule has 4 aromatic rings. The molecule has 0 bridgehead atoms. The molecule has 3 aromatic carbocycles. The van der Waals surface area contributed by atoms with Gasteiger partial charge in [-0.15, -0.1) is 0 Å². The molecule has 0 aliphatic heterocycles. The van der Waals surface area contributed by atoms with E-state index < -0.39 is 17.8 Å². The van der Waals surface area contributed by atoms with Gasteiger partial charge in [0.25, 0.3) is 0 Å². The van der Waals surface area contributed by atoms with E-state index >= 15 is 0 Å². The molecule has 0 radical (unpaired) electrons. The molecule has 0 saturated carbocycles. The van der Waals surface area contributed by atoms with E-state index in [0.717, 1.165) is 5.56 Å². The third-order valence-corrected chi connectivity index (χ3v) is 5.91. The van der Waals surface area contributed by atoms with E-state index in [4.69, 9.17) is 4.42 Å². The van der Waals surface area contributed by atoms with Gasteiger partial charge in [0.1, 0.15) is 17.2 Å². The van der Waals surface area contributed by atoms with E-state index in [1.165, 1.54) is 18.2 Å². The van der Waals surface area contributed by atoms with Crippen molar-refractivity contribution in [2.45, 2.75) is 19.9 Å². The minimum absolute atomic E-state index is 0.136. The van der Waals surface area contributed by atoms with Crippen LogP contribution in [-0.2, 0) is 0 Å². The molecule has 2 N–H and O–H groups in total. The van der Waals surface area contributed by atoms with Gasteiger partial charge in [-0.1, -0.05) is 24.8 Å². The molecule has 6 nitrogen and oxygen atoms in total. The van der Waals surface area contributed by atoms with E-state index in [9.17, 15) is 19.1 Å². The van der Waals surface area contributed by atoms with Crippen molar-refractivity contribution in [2.75, 3.05) is 19.4 Å². The van der Waals surface area contributed by atoms with Crippen LogP contribution in [0.3, 0.4) is 0 Å². The van der Waals surface area contributed by atoms with Crippen LogP contribution in [0.5, 0.6) is 0 Å². The first kappa shape index (κ1) is 24.7. The minimum atomic E-state index is -1.05. The fourth-order valence-electron chi connectivity index (χ4n) is 4.20. The molecule has 4 rings (SSSR count). The van der Waals surface area contributed by atoms with Crippen molar-refractivity contribution < 1.29 is 18.7 Å². The third kappa shape index (κ3) is 4.86. The van der Waals surface area contributed by atoms with Gasteiger partial charge < -0.3 is 19.7 Å². The number of benzene rings is 3. The molecule has 0 amide bonds. The van der Waals surface area contributed by atoms with Crippen molar-refractivity contribution in [3.63, 3.8) is 0 Å². The highest BCUT2D eigenvalue weighted by atomic mass is 19.1. The monoisotopic (exact) mass is 486 g/mol. The van der Waals surface area contributed by atoms with Gasteiger partial charge in [-0.25, -0.2) is 9.18 Å². The van der Waals surface area contributed by atoms with E-state index in [-0.39, 0.29) is 22.0 Å². The molecule has 36 heavy (non-hydrogen) atoms. The van der Waals surface area contributed by atoms with Crippen LogP contribution in [0.25, 0.3) is 35.1 Å². The zero-order valence-corrected chi connectivity index (χ0v) is 20.6. The highest BCUT2D eigenvalue weighted by Crippen LogP contribution is 2.31. The molecular weight excluding hydrogens is 459 g/mol. The quantitative estimate of drug-likeness (QED) is 0.418. The molecule has 1 aromatic heterocycles. The number of nitrogens with zero attached hydrogens (tertiary/aromatic N) is 1. The first-order valence-corrected chi connectivity index (χ1v) is 11.4. The predicted molar refractivity (Wildman–Crippen MR) is 141 cm³/mol. The van der Waals surface area contributed by atoms with Gasteiger partial charge in [0.2, 0.25) is 0 Å². The number of fused-ring (bicyclic) bond motifs is 1. The Morgan fingerprint density at radius 2 is 1.89 bits per heavy atom. The fourth-order valence-corrected chi connectivity index (χ4v) is 4.20. The molecule has 7 heteroatoms. The highest BCUT2D eigenvalue weighted by molar-refractivity contribution is 5.94. The average molecular weight is 487 g/mol. The summed E-state index contributed by atoms with van der Waals surface area (Å²) < 4.78 is 21.0. The van der Waals surface area contributed by atoms with Gasteiger partial charge in [0.05, 0.1) is 17.0 Å². The maximum atomic E-state index is 14.7. The predicted octanol–water partition coefficient (Wildman–Crippen LogP) is 4.49. The molecule has 0 aliphatic rings. The van der Waals surface area contributed by atoms with Gasteiger partial charge in [0, 0.05) is 53.6 Å². The van der Waals surface area contributed by atoms with E-state index in [0.29, 0.717) is 33.0 Å². The summed E-state index contributed by atoms with van der Waals surface area (Å²) in [5.41, 5.74) is 2.63. The molecule has 1 unspecified atom stereocenters. The van der Waals surface area contributed by atoms with Gasteiger partial charge >= 0.3 is 5.97 Å². The van der Waals surface area contributed by atoms with Crippen molar-refractivity contribution in [1.82, 2.24) is 4.90 Å². The van der Waals surface area contributed by atoms with Gasteiger partial charge in [-0.05, 0) is 49.7 Å². The maximum absolute atomic E-state index is 14.7. The number of carboxylic acid groups (broad SMARTS) is 1. The Balaban J connectivity index is 1.90. The Bertz CT molecular complexity index is 1660. The molecule has 1 heterocycles. The molecule has 0 aliphatic carbocycles. The zero-order valence-electron chi connectivity index (χ0n) is 20.6. The number of aromatic carboxylic acids is 1. The van der Waals surface area contributed by atoms with Crippen LogP contribution < -0.4 is 21.2 Å². The number of hydrogen-bond acceptors (Lipinski definition) is 5. The summed E-state index contributed by atoms with van der Waals surface area (Å²) in [5, 5.41) is 14.0. The Morgan fingerprint density at radius 1 is 1.17 bits per heavy atom. The average Bonchev–Trinajstić information content (AvgIpc) is 2.81. The van der Waals surface area contributed by atoms with Crippen molar-refractivity contribution >= 4 is 35.4 Å². The van der Waals surface area contributed by atoms with Crippen molar-refractivity contribution in [1.29, 1.82) is 0 Å². The number of carboxylic acids is 1. The normalized spacial score (nSPS) is 12.5. The Hall–Kier alpha value is -4.39. The van der Waals surface area contributed by atoms with Crippen LogP contribution in [0.1, 0.15) is 34.5 Å². The van der Waals surface area contributed by atoms with Crippen LogP contribution in [0, 0.1) is 12.7 Å². The van der Waals surface area contributed by atoms with Crippen molar-refractivity contribution in [3.05, 3.63) is 97.8 Å². The molecule has 0 spiro atoms. The van der Waals surface area contributed by atoms with Gasteiger partial charge in [-0.2, -0.15) is 0 Å². The van der Waals surface area contributed by atoms with Crippen LogP contribution in [0.15, 0.2) is 63.8 Å². The van der Waals surface area contributed by atoms with Crippen LogP contribution in [0.4, 0.5) is 10.1 Å². The lowest BCUT2D eigenvalue weighted by molar-refractivity contribution is 0.0698. The summed E-state index contributed by atoms with van der Waals surface area (Å²) in [5.74, 6) is -1.33. The number of hydrogen-bond donors (Lipinski definition) is 2. The first-order chi connectivity index (χ1) is 17.0. The Morgan fingerprint density at radius 3 is 2.58 bits per heavy atom. The topological polar surface area (TPSA) is 82.8 Å². The van der Waals surface area contributed by atoms with Crippen molar-refractivity contribution in [2.24, 2.45) is 0 Å². The summed E-state index contributed by atoms with van der Waals surface area (Å²) in [6, 6.07) is 14.2. The molecule has 0 fully saturated rings. The number of nitrogens with one attached hydrogen (secondary N) is 1. The standard InChI is InChI=1S/C29H27FN2O4/c1-16-10-22(18(3)31-25-9-7-6-8-21(25)29(34)35)28-23(11-16)26(33)14-27(36-28)19-12-20(15-32(4)5)17(2)24(30)13-19/h6-15,18,31H,2H2,1,3-5H3,(H,34,35)/b20-15-. The summed E-state index contributed by atoms with van der Waals surface area (Å²) in [7, 11) is 3.65. The molecule has 184 valence electrons. The molecule has 0 saturated heterocycles. The van der Waals surface area contributed by atoms with Crippen LogP contribution in [-0.4, -0.2) is 30.1 Å². The Labute approximate surface area is 207 Å². The van der Waals surface area contributed by atoms with Crippen LogP contribution in [0.2, 0.25) is 0 Å². The fraction of sp³-hybridized carbons (Fsp3) is 0.172. The highest BCUT2D eigenvalue weighted by Gasteiger charge is 2.18. The second-order valence-corrected chi connectivity index (χ2v) is 9.04. The summed E-state index contributed by atoms with van der Waals surface area (Å²) in [4.78, 5) is 26.6. The minimum Gasteiger partial charge on any atom is -0.478 e. The van der Waals surface area contributed by atoms with E-state index in [1.54, 1.807) is 41.4 Å². The zero-order chi connectivity index (χ0) is 26.1. The Kier molecular flexibility index (Phi) is 6.66. The molecular formula is C29H27FN2O4. The molecule has 1 atom stereocenters. The summed E-state index contributed by atoms with van der Waals surface area (Å²) in [6.45, 7) is 7.54. The van der Waals surface area contributed by atoms with Crippen LogP contribution >= 0.6 is 0 Å². The lowest BCUT2D eigenvalue weighted by Crippen LogP contribution is -2.29. The lowest BCUT2D eigenvalue weighted by atomic mass is 10.00. The number of anilines is 1. The van der Waals surface area contributed by atoms with Gasteiger partial charge in [0.15, 0.2) is 5.43 Å². The second-order valence-electron chi connectivity index (χ2n) is 9.04. The maximum Gasteiger partial charge on any atom is 0.337 e. The first-order valence-electron chi connectivity index (χ1n) is 11.4. The van der Waals surface area contributed by atoms with E-state index in [2.05, 4.69) is 11.9 Å². The number of para-hydroxylation sites is 1. The number of aryl methyl sites for hydroxylation is 1. The number of carbonyl (C=O) groups is 1. The SMILES string of the molecule is C=c1c(F)cc(-c2cc(=O)c3cc(C)cc(C(C)Nc4ccccc4C(=O)O)c3o2)c/c1=C/N(C)C. The van der Waals surface area contributed by atoms with Crippen molar-refractivity contribution in [3.8, 4) is 11.3 Å². The smallest absolute Gasteiger partial charge is 0.337 e. The third-order valence-electron chi connectivity index (χ3n) is 5.91.